The van der Waals surface area contributed by atoms with Gasteiger partial charge in [-0.1, -0.05) is 6.07 Å². The van der Waals surface area contributed by atoms with Gasteiger partial charge in [-0.2, -0.15) is 5.10 Å². The van der Waals surface area contributed by atoms with Crippen LogP contribution >= 0.6 is 11.3 Å². The summed E-state index contributed by atoms with van der Waals surface area (Å²) in [5.41, 5.74) is 2.52. The van der Waals surface area contributed by atoms with E-state index in [1.165, 1.54) is 37.8 Å². The van der Waals surface area contributed by atoms with Crippen LogP contribution in [0.15, 0.2) is 34.7 Å². The lowest BCUT2D eigenvalue weighted by molar-refractivity contribution is 0.0692. The first-order chi connectivity index (χ1) is 11.1. The van der Waals surface area contributed by atoms with Crippen LogP contribution < -0.4 is 14.9 Å². The van der Waals surface area contributed by atoms with Gasteiger partial charge in [0.05, 0.1) is 25.3 Å². The van der Waals surface area contributed by atoms with E-state index in [4.69, 9.17) is 9.47 Å². The normalized spacial score (nSPS) is 10.5. The SMILES string of the molecule is COc1ccc(/C=N/NC(=O)c2cccs2)c(C(=O)O)c1OC. The predicted molar refractivity (Wildman–Crippen MR) is 85.9 cm³/mol. The van der Waals surface area contributed by atoms with Gasteiger partial charge in [-0.05, 0) is 23.6 Å². The number of ether oxygens (including phenoxy) is 2. The van der Waals surface area contributed by atoms with E-state index in [1.807, 2.05) is 0 Å². The van der Waals surface area contributed by atoms with Crippen molar-refractivity contribution in [1.29, 1.82) is 0 Å². The van der Waals surface area contributed by atoms with Crippen LogP contribution in [-0.4, -0.2) is 37.4 Å². The van der Waals surface area contributed by atoms with E-state index in [9.17, 15) is 14.7 Å². The van der Waals surface area contributed by atoms with Gasteiger partial charge in [0.15, 0.2) is 11.5 Å². The van der Waals surface area contributed by atoms with Crippen LogP contribution in [0.3, 0.4) is 0 Å². The van der Waals surface area contributed by atoms with E-state index in [0.717, 1.165) is 0 Å². The Labute approximate surface area is 136 Å². The van der Waals surface area contributed by atoms with E-state index < -0.39 is 5.97 Å². The van der Waals surface area contributed by atoms with Gasteiger partial charge in [0, 0.05) is 5.56 Å². The van der Waals surface area contributed by atoms with Crippen molar-refractivity contribution in [3.05, 3.63) is 45.6 Å². The lowest BCUT2D eigenvalue weighted by Crippen LogP contribution is -2.16. The molecule has 0 aliphatic rings. The number of hydrogen-bond acceptors (Lipinski definition) is 6. The Bertz CT molecular complexity index is 741. The van der Waals surface area contributed by atoms with Crippen molar-refractivity contribution >= 4 is 29.4 Å². The first-order valence-electron chi connectivity index (χ1n) is 6.43. The molecule has 1 aromatic heterocycles. The summed E-state index contributed by atoms with van der Waals surface area (Å²) in [6.45, 7) is 0. The maximum atomic E-state index is 11.8. The van der Waals surface area contributed by atoms with Crippen LogP contribution in [-0.2, 0) is 0 Å². The van der Waals surface area contributed by atoms with Gasteiger partial charge in [-0.25, -0.2) is 10.2 Å². The van der Waals surface area contributed by atoms with Crippen LogP contribution in [0.5, 0.6) is 11.5 Å². The number of nitrogens with zero attached hydrogens (tertiary/aromatic N) is 1. The Kier molecular flexibility index (Phi) is 5.32. The maximum absolute atomic E-state index is 11.8. The fraction of sp³-hybridized carbons (Fsp3) is 0.133. The molecular formula is C15H14N2O5S. The minimum atomic E-state index is -1.19. The summed E-state index contributed by atoms with van der Waals surface area (Å²) in [4.78, 5) is 23.7. The van der Waals surface area contributed by atoms with Gasteiger partial charge in [-0.15, -0.1) is 11.3 Å². The molecule has 0 atom stereocenters. The highest BCUT2D eigenvalue weighted by Crippen LogP contribution is 2.32. The standard InChI is InChI=1S/C15H14N2O5S/c1-21-10-6-5-9(12(15(19)20)13(10)22-2)8-16-17-14(18)11-4-3-7-23-11/h3-8H,1-2H3,(H,17,18)(H,19,20)/b16-8+. The van der Waals surface area contributed by atoms with Crippen LogP contribution in [0.4, 0.5) is 0 Å². The highest BCUT2D eigenvalue weighted by molar-refractivity contribution is 7.12. The molecule has 0 spiro atoms. The first-order valence-corrected chi connectivity index (χ1v) is 7.31. The number of hydrazone groups is 1. The molecule has 0 bridgehead atoms. The predicted octanol–water partition coefficient (Wildman–Crippen LogP) is 2.23. The average molecular weight is 334 g/mol. The molecule has 0 aliphatic heterocycles. The van der Waals surface area contributed by atoms with Crippen molar-refractivity contribution in [2.24, 2.45) is 5.10 Å². The van der Waals surface area contributed by atoms with E-state index in [2.05, 4.69) is 10.5 Å². The minimum Gasteiger partial charge on any atom is -0.493 e. The molecule has 0 radical (unpaired) electrons. The summed E-state index contributed by atoms with van der Waals surface area (Å²) < 4.78 is 10.2. The molecule has 0 aliphatic carbocycles. The number of methoxy groups -OCH3 is 2. The van der Waals surface area contributed by atoms with E-state index in [0.29, 0.717) is 10.6 Å². The third-order valence-corrected chi connectivity index (χ3v) is 3.78. The monoisotopic (exact) mass is 334 g/mol. The highest BCUT2D eigenvalue weighted by atomic mass is 32.1. The number of aromatic carboxylic acids is 1. The van der Waals surface area contributed by atoms with Crippen LogP contribution in [0.1, 0.15) is 25.6 Å². The van der Waals surface area contributed by atoms with Gasteiger partial charge >= 0.3 is 5.97 Å². The van der Waals surface area contributed by atoms with Crippen molar-refractivity contribution in [2.45, 2.75) is 0 Å². The quantitative estimate of drug-likeness (QED) is 0.624. The van der Waals surface area contributed by atoms with Gasteiger partial charge in [0.1, 0.15) is 5.56 Å². The van der Waals surface area contributed by atoms with E-state index in [1.54, 1.807) is 23.6 Å². The number of carbonyl (C=O) groups excluding carboxylic acids is 1. The third kappa shape index (κ3) is 3.67. The van der Waals surface area contributed by atoms with E-state index >= 15 is 0 Å². The van der Waals surface area contributed by atoms with Gasteiger partial charge in [0.25, 0.3) is 5.91 Å². The topological polar surface area (TPSA) is 97.2 Å². The molecule has 0 saturated heterocycles. The minimum absolute atomic E-state index is 0.0912. The van der Waals surface area contributed by atoms with Crippen LogP contribution in [0.25, 0.3) is 0 Å². The average Bonchev–Trinajstić information content (AvgIpc) is 3.08. The number of carbonyl (C=O) groups is 2. The number of thiophene rings is 1. The summed E-state index contributed by atoms with van der Waals surface area (Å²) in [7, 11) is 2.77. The fourth-order valence-corrected chi connectivity index (χ4v) is 2.51. The molecule has 1 aromatic carbocycles. The zero-order chi connectivity index (χ0) is 16.8. The molecule has 8 heteroatoms. The van der Waals surface area contributed by atoms with Crippen molar-refractivity contribution < 1.29 is 24.2 Å². The third-order valence-electron chi connectivity index (χ3n) is 2.91. The number of amides is 1. The molecule has 2 aromatic rings. The Balaban J connectivity index is 2.27. The van der Waals surface area contributed by atoms with Crippen LogP contribution in [0, 0.1) is 0 Å². The van der Waals surface area contributed by atoms with Crippen molar-refractivity contribution in [2.75, 3.05) is 14.2 Å². The highest BCUT2D eigenvalue weighted by Gasteiger charge is 2.20. The molecule has 7 nitrogen and oxygen atoms in total. The Morgan fingerprint density at radius 3 is 2.61 bits per heavy atom. The first kappa shape index (κ1) is 16.5. The maximum Gasteiger partial charge on any atom is 0.340 e. The van der Waals surface area contributed by atoms with Crippen molar-refractivity contribution in [3.8, 4) is 11.5 Å². The molecule has 0 fully saturated rings. The fourth-order valence-electron chi connectivity index (χ4n) is 1.89. The lowest BCUT2D eigenvalue weighted by atomic mass is 10.1. The summed E-state index contributed by atoms with van der Waals surface area (Å²) in [5.74, 6) is -1.17. The molecule has 0 saturated carbocycles. The number of carboxylic acids is 1. The van der Waals surface area contributed by atoms with Gasteiger partial charge in [-0.3, -0.25) is 4.79 Å². The number of carboxylic acid groups (broad SMARTS) is 1. The smallest absolute Gasteiger partial charge is 0.340 e. The summed E-state index contributed by atoms with van der Waals surface area (Å²) >= 11 is 1.28. The Hall–Kier alpha value is -2.87. The zero-order valence-electron chi connectivity index (χ0n) is 12.4. The molecule has 1 amide bonds. The van der Waals surface area contributed by atoms with Crippen molar-refractivity contribution in [3.63, 3.8) is 0 Å². The number of rotatable bonds is 6. The Morgan fingerprint density at radius 2 is 2.04 bits per heavy atom. The second-order valence-electron chi connectivity index (χ2n) is 4.25. The summed E-state index contributed by atoms with van der Waals surface area (Å²) in [6.07, 6.45) is 1.25. The molecule has 1 heterocycles. The van der Waals surface area contributed by atoms with Crippen molar-refractivity contribution in [1.82, 2.24) is 5.43 Å². The second kappa shape index (κ2) is 7.41. The van der Waals surface area contributed by atoms with Gasteiger partial charge in [0.2, 0.25) is 0 Å². The number of nitrogens with one attached hydrogen (secondary N) is 1. The zero-order valence-corrected chi connectivity index (χ0v) is 13.2. The van der Waals surface area contributed by atoms with Gasteiger partial charge < -0.3 is 14.6 Å². The number of benzene rings is 1. The molecule has 120 valence electrons. The molecule has 2 rings (SSSR count). The largest absolute Gasteiger partial charge is 0.493 e. The molecule has 0 unspecified atom stereocenters. The van der Waals surface area contributed by atoms with E-state index in [-0.39, 0.29) is 22.8 Å². The van der Waals surface area contributed by atoms with Crippen LogP contribution in [0.2, 0.25) is 0 Å². The molecule has 23 heavy (non-hydrogen) atoms. The molecule has 2 N–H and O–H groups in total. The number of hydrogen-bond donors (Lipinski definition) is 2. The molecular weight excluding hydrogens is 320 g/mol. The second-order valence-corrected chi connectivity index (χ2v) is 5.19. The summed E-state index contributed by atoms with van der Waals surface area (Å²) in [6, 6.07) is 6.49. The summed E-state index contributed by atoms with van der Waals surface area (Å²) in [5, 5.41) is 14.9. The lowest BCUT2D eigenvalue weighted by Gasteiger charge is -2.12. The Morgan fingerprint density at radius 1 is 1.26 bits per heavy atom.